The molecule has 0 radical (unpaired) electrons. The van der Waals surface area contributed by atoms with Crippen molar-refractivity contribution in [1.82, 2.24) is 5.06 Å². The molecule has 0 heterocycles. The van der Waals surface area contributed by atoms with Crippen LogP contribution in [0.15, 0.2) is 0 Å². The zero-order valence-corrected chi connectivity index (χ0v) is 8.59. The van der Waals surface area contributed by atoms with Gasteiger partial charge in [0.2, 0.25) is 5.91 Å². The van der Waals surface area contributed by atoms with E-state index in [2.05, 4.69) is 20.8 Å². The minimum atomic E-state index is -0.299. The van der Waals surface area contributed by atoms with Crippen LogP contribution in [0.1, 0.15) is 41.0 Å². The minimum absolute atomic E-state index is 0.109. The zero-order valence-electron chi connectivity index (χ0n) is 8.59. The molecule has 1 atom stereocenters. The molecule has 0 aromatic carbocycles. The fourth-order valence-electron chi connectivity index (χ4n) is 1.28. The lowest BCUT2D eigenvalue weighted by atomic mass is 9.88. The SMILES string of the molecule is CC(=O)N(O)C(C)CC(C)(C)C. The van der Waals surface area contributed by atoms with Crippen LogP contribution in [0.5, 0.6) is 0 Å². The smallest absolute Gasteiger partial charge is 0.243 e. The van der Waals surface area contributed by atoms with Crippen molar-refractivity contribution < 1.29 is 10.0 Å². The Labute approximate surface area is 74.3 Å². The molecule has 1 unspecified atom stereocenters. The van der Waals surface area contributed by atoms with E-state index in [-0.39, 0.29) is 17.4 Å². The van der Waals surface area contributed by atoms with Gasteiger partial charge in [0.05, 0.1) is 6.04 Å². The highest BCUT2D eigenvalue weighted by molar-refractivity contribution is 5.72. The normalized spacial score (nSPS) is 14.2. The molecule has 0 aromatic heterocycles. The molecule has 0 fully saturated rings. The van der Waals surface area contributed by atoms with Gasteiger partial charge in [0.25, 0.3) is 0 Å². The van der Waals surface area contributed by atoms with Crippen LogP contribution < -0.4 is 0 Å². The first-order valence-corrected chi connectivity index (χ1v) is 4.23. The first kappa shape index (κ1) is 11.4. The van der Waals surface area contributed by atoms with E-state index in [0.29, 0.717) is 0 Å². The van der Waals surface area contributed by atoms with Gasteiger partial charge < -0.3 is 0 Å². The molecule has 0 saturated carbocycles. The van der Waals surface area contributed by atoms with Gasteiger partial charge in [-0.15, -0.1) is 0 Å². The summed E-state index contributed by atoms with van der Waals surface area (Å²) in [4.78, 5) is 10.7. The Morgan fingerprint density at radius 3 is 2.17 bits per heavy atom. The number of rotatable bonds is 2. The summed E-state index contributed by atoms with van der Waals surface area (Å²) in [5, 5.41) is 10.0. The summed E-state index contributed by atoms with van der Waals surface area (Å²) in [5.41, 5.74) is 0.135. The average Bonchev–Trinajstić information content (AvgIpc) is 1.82. The molecule has 0 spiro atoms. The van der Waals surface area contributed by atoms with E-state index in [9.17, 15) is 10.0 Å². The molecule has 3 nitrogen and oxygen atoms in total. The third kappa shape index (κ3) is 4.34. The maximum Gasteiger partial charge on any atom is 0.243 e. The van der Waals surface area contributed by atoms with Crippen molar-refractivity contribution in [3.05, 3.63) is 0 Å². The number of carbonyl (C=O) groups is 1. The molecule has 72 valence electrons. The Balaban J connectivity index is 4.04. The van der Waals surface area contributed by atoms with Crippen LogP contribution in [0.25, 0.3) is 0 Å². The van der Waals surface area contributed by atoms with Crippen molar-refractivity contribution in [3.8, 4) is 0 Å². The standard InChI is InChI=1S/C9H19NO2/c1-7(6-9(3,4)5)10(12)8(2)11/h7,12H,6H2,1-5H3. The van der Waals surface area contributed by atoms with E-state index in [1.165, 1.54) is 6.92 Å². The van der Waals surface area contributed by atoms with Crippen molar-refractivity contribution in [2.45, 2.75) is 47.1 Å². The predicted molar refractivity (Wildman–Crippen MR) is 47.8 cm³/mol. The lowest BCUT2D eigenvalue weighted by molar-refractivity contribution is -0.173. The van der Waals surface area contributed by atoms with Gasteiger partial charge in [-0.2, -0.15) is 0 Å². The number of carbonyl (C=O) groups excluding carboxylic acids is 1. The van der Waals surface area contributed by atoms with Gasteiger partial charge in [-0.05, 0) is 18.8 Å². The molecule has 0 saturated heterocycles. The summed E-state index contributed by atoms with van der Waals surface area (Å²) in [7, 11) is 0. The van der Waals surface area contributed by atoms with E-state index in [1.807, 2.05) is 6.92 Å². The van der Waals surface area contributed by atoms with Gasteiger partial charge in [0.1, 0.15) is 0 Å². The Kier molecular flexibility index (Phi) is 3.71. The number of amides is 1. The summed E-state index contributed by atoms with van der Waals surface area (Å²) in [5.74, 6) is -0.299. The summed E-state index contributed by atoms with van der Waals surface area (Å²) in [6, 6.07) is -0.109. The van der Waals surface area contributed by atoms with Crippen LogP contribution in [0.2, 0.25) is 0 Å². The van der Waals surface area contributed by atoms with E-state index < -0.39 is 0 Å². The highest BCUT2D eigenvalue weighted by Gasteiger charge is 2.21. The number of hydroxylamine groups is 2. The number of hydrogen-bond donors (Lipinski definition) is 1. The molecular formula is C9H19NO2. The third-order valence-electron chi connectivity index (χ3n) is 1.65. The van der Waals surface area contributed by atoms with Crippen molar-refractivity contribution >= 4 is 5.91 Å². The predicted octanol–water partition coefficient (Wildman–Crippen LogP) is 2.05. The molecule has 0 aliphatic carbocycles. The maximum atomic E-state index is 10.7. The van der Waals surface area contributed by atoms with Gasteiger partial charge in [-0.1, -0.05) is 20.8 Å². The van der Waals surface area contributed by atoms with Crippen molar-refractivity contribution in [3.63, 3.8) is 0 Å². The lowest BCUT2D eigenvalue weighted by Crippen LogP contribution is -2.36. The monoisotopic (exact) mass is 173 g/mol. The van der Waals surface area contributed by atoms with E-state index in [1.54, 1.807) is 0 Å². The zero-order chi connectivity index (χ0) is 9.94. The van der Waals surface area contributed by atoms with Gasteiger partial charge in [-0.3, -0.25) is 10.0 Å². The molecule has 1 amide bonds. The van der Waals surface area contributed by atoms with E-state index in [0.717, 1.165) is 11.5 Å². The summed E-state index contributed by atoms with van der Waals surface area (Å²) in [6.07, 6.45) is 0.795. The molecule has 12 heavy (non-hydrogen) atoms. The third-order valence-corrected chi connectivity index (χ3v) is 1.65. The minimum Gasteiger partial charge on any atom is -0.286 e. The quantitative estimate of drug-likeness (QED) is 0.513. The van der Waals surface area contributed by atoms with Gasteiger partial charge >= 0.3 is 0 Å². The molecular weight excluding hydrogens is 154 g/mol. The van der Waals surface area contributed by atoms with Crippen LogP contribution in [-0.2, 0) is 4.79 Å². The van der Waals surface area contributed by atoms with Crippen LogP contribution in [0.3, 0.4) is 0 Å². The molecule has 1 N–H and O–H groups in total. The number of nitrogens with zero attached hydrogens (tertiary/aromatic N) is 1. The molecule has 0 aromatic rings. The summed E-state index contributed by atoms with van der Waals surface area (Å²) in [6.45, 7) is 9.44. The molecule has 0 bridgehead atoms. The van der Waals surface area contributed by atoms with Crippen LogP contribution in [-0.4, -0.2) is 22.2 Å². The van der Waals surface area contributed by atoms with Crippen molar-refractivity contribution in [2.24, 2.45) is 5.41 Å². The van der Waals surface area contributed by atoms with E-state index in [4.69, 9.17) is 0 Å². The highest BCUT2D eigenvalue weighted by atomic mass is 16.5. The second kappa shape index (κ2) is 3.90. The van der Waals surface area contributed by atoms with Crippen LogP contribution in [0, 0.1) is 5.41 Å². The topological polar surface area (TPSA) is 40.5 Å². The Bertz CT molecular complexity index is 160. The highest BCUT2D eigenvalue weighted by Crippen LogP contribution is 2.22. The first-order chi connectivity index (χ1) is 5.24. The molecule has 0 aliphatic rings. The Morgan fingerprint density at radius 1 is 1.50 bits per heavy atom. The maximum absolute atomic E-state index is 10.7. The largest absolute Gasteiger partial charge is 0.286 e. The second-order valence-electron chi connectivity index (χ2n) is 4.48. The average molecular weight is 173 g/mol. The van der Waals surface area contributed by atoms with Gasteiger partial charge in [-0.25, -0.2) is 5.06 Å². The summed E-state index contributed by atoms with van der Waals surface area (Å²) < 4.78 is 0. The van der Waals surface area contributed by atoms with Crippen LogP contribution >= 0.6 is 0 Å². The van der Waals surface area contributed by atoms with Crippen molar-refractivity contribution in [1.29, 1.82) is 0 Å². The van der Waals surface area contributed by atoms with Gasteiger partial charge in [0.15, 0.2) is 0 Å². The fourth-order valence-corrected chi connectivity index (χ4v) is 1.28. The Hall–Kier alpha value is -0.570. The van der Waals surface area contributed by atoms with Gasteiger partial charge in [0, 0.05) is 6.92 Å². The lowest BCUT2D eigenvalue weighted by Gasteiger charge is -2.27. The van der Waals surface area contributed by atoms with Crippen molar-refractivity contribution in [2.75, 3.05) is 0 Å². The summed E-state index contributed by atoms with van der Waals surface area (Å²) >= 11 is 0. The number of hydrogen-bond acceptors (Lipinski definition) is 2. The van der Waals surface area contributed by atoms with Crippen LogP contribution in [0.4, 0.5) is 0 Å². The molecule has 0 aliphatic heterocycles. The second-order valence-corrected chi connectivity index (χ2v) is 4.48. The Morgan fingerprint density at radius 2 is 1.92 bits per heavy atom. The molecule has 3 heteroatoms. The van der Waals surface area contributed by atoms with E-state index >= 15 is 0 Å². The fraction of sp³-hybridized carbons (Fsp3) is 0.889. The first-order valence-electron chi connectivity index (χ1n) is 4.23. The molecule has 0 rings (SSSR count).